The van der Waals surface area contributed by atoms with Gasteiger partial charge in [-0.3, -0.25) is 0 Å². The number of nitrogens with one attached hydrogen (secondary N) is 1. The second-order valence-electron chi connectivity index (χ2n) is 7.22. The van der Waals surface area contributed by atoms with Crippen molar-refractivity contribution in [1.82, 2.24) is 5.32 Å². The Hall–Kier alpha value is -0.540. The first-order valence-electron chi connectivity index (χ1n) is 7.89. The quantitative estimate of drug-likeness (QED) is 0.685. The van der Waals surface area contributed by atoms with Gasteiger partial charge in [0.25, 0.3) is 0 Å². The van der Waals surface area contributed by atoms with Gasteiger partial charge >= 0.3 is 0 Å². The highest BCUT2D eigenvalue weighted by molar-refractivity contribution is 9.10. The zero-order valence-electron chi connectivity index (χ0n) is 14.1. The van der Waals surface area contributed by atoms with Crippen LogP contribution < -0.4 is 10.1 Å². The second-order valence-corrected chi connectivity index (χ2v) is 8.14. The van der Waals surface area contributed by atoms with Crippen LogP contribution in [0.25, 0.3) is 0 Å². The minimum Gasteiger partial charge on any atom is -0.494 e. The summed E-state index contributed by atoms with van der Waals surface area (Å²) in [4.78, 5) is 0. The molecule has 0 radical (unpaired) electrons. The van der Waals surface area contributed by atoms with E-state index < -0.39 is 0 Å². The average Bonchev–Trinajstić information content (AvgIpc) is 2.34. The molecule has 0 amide bonds. The summed E-state index contributed by atoms with van der Waals surface area (Å²) in [5.74, 6) is 2.33. The fraction of sp³-hybridized carbons (Fsp3) is 0.667. The molecule has 3 heteroatoms. The molecule has 0 fully saturated rings. The Labute approximate surface area is 138 Å². The molecular weight excluding hydrogens is 326 g/mol. The number of halogens is 1. The predicted molar refractivity (Wildman–Crippen MR) is 95.0 cm³/mol. The van der Waals surface area contributed by atoms with Crippen molar-refractivity contribution in [2.75, 3.05) is 13.2 Å². The smallest absolute Gasteiger partial charge is 0.120 e. The van der Waals surface area contributed by atoms with Gasteiger partial charge in [0.1, 0.15) is 5.75 Å². The maximum absolute atomic E-state index is 5.87. The van der Waals surface area contributed by atoms with Crippen molar-refractivity contribution in [3.8, 4) is 5.75 Å². The lowest BCUT2D eigenvalue weighted by atomic mass is 9.93. The molecule has 0 aliphatic rings. The number of ether oxygens (including phenoxy) is 1. The van der Waals surface area contributed by atoms with E-state index in [1.807, 2.05) is 24.3 Å². The van der Waals surface area contributed by atoms with Gasteiger partial charge in [-0.1, -0.05) is 35.8 Å². The number of hydrogen-bond acceptors (Lipinski definition) is 2. The van der Waals surface area contributed by atoms with E-state index >= 15 is 0 Å². The number of benzene rings is 1. The van der Waals surface area contributed by atoms with E-state index in [1.165, 1.54) is 6.42 Å². The molecule has 0 aliphatic carbocycles. The van der Waals surface area contributed by atoms with Crippen molar-refractivity contribution in [3.63, 3.8) is 0 Å². The molecule has 1 aromatic rings. The Kier molecular flexibility index (Phi) is 7.75. The fourth-order valence-electron chi connectivity index (χ4n) is 2.32. The lowest BCUT2D eigenvalue weighted by Crippen LogP contribution is -2.39. The summed E-state index contributed by atoms with van der Waals surface area (Å²) < 4.78 is 6.94. The van der Waals surface area contributed by atoms with Crippen molar-refractivity contribution in [2.24, 2.45) is 11.8 Å². The van der Waals surface area contributed by atoms with Crippen molar-refractivity contribution in [1.29, 1.82) is 0 Å². The topological polar surface area (TPSA) is 21.3 Å². The maximum atomic E-state index is 5.87. The molecule has 21 heavy (non-hydrogen) atoms. The van der Waals surface area contributed by atoms with Gasteiger partial charge in [0.05, 0.1) is 6.61 Å². The normalized spacial score (nSPS) is 13.5. The lowest BCUT2D eigenvalue weighted by Gasteiger charge is -2.26. The highest BCUT2D eigenvalue weighted by Gasteiger charge is 2.15. The molecule has 1 rings (SSSR count). The van der Waals surface area contributed by atoms with Gasteiger partial charge in [-0.05, 0) is 70.2 Å². The van der Waals surface area contributed by atoms with Crippen molar-refractivity contribution >= 4 is 15.9 Å². The molecule has 0 aromatic heterocycles. The second kappa shape index (κ2) is 8.79. The summed E-state index contributed by atoms with van der Waals surface area (Å²) in [5.41, 5.74) is 0.181. The van der Waals surface area contributed by atoms with Crippen molar-refractivity contribution in [3.05, 3.63) is 28.7 Å². The first-order chi connectivity index (χ1) is 9.76. The first-order valence-corrected chi connectivity index (χ1v) is 8.69. The molecule has 0 saturated heterocycles. The van der Waals surface area contributed by atoms with E-state index in [-0.39, 0.29) is 5.54 Å². The lowest BCUT2D eigenvalue weighted by molar-refractivity contribution is 0.246. The Morgan fingerprint density at radius 3 is 2.52 bits per heavy atom. The Bertz CT molecular complexity index is 412. The van der Waals surface area contributed by atoms with Crippen LogP contribution in [0.4, 0.5) is 0 Å². The SMILES string of the molecule is CC(C)CC(CCOc1cccc(Br)c1)CNC(C)(C)C. The third-order valence-corrected chi connectivity index (χ3v) is 3.81. The molecule has 0 aliphatic heterocycles. The third-order valence-electron chi connectivity index (χ3n) is 3.32. The van der Waals surface area contributed by atoms with E-state index in [1.54, 1.807) is 0 Å². The van der Waals surface area contributed by atoms with Gasteiger partial charge in [0, 0.05) is 10.0 Å². The van der Waals surface area contributed by atoms with Crippen molar-refractivity contribution in [2.45, 2.75) is 53.0 Å². The van der Waals surface area contributed by atoms with Crippen LogP contribution in [0.3, 0.4) is 0 Å². The molecule has 1 aromatic carbocycles. The standard InChI is InChI=1S/C18H30BrNO/c1-14(2)11-15(13-20-18(3,4)5)9-10-21-17-8-6-7-16(19)12-17/h6-8,12,14-15,20H,9-11,13H2,1-5H3. The average molecular weight is 356 g/mol. The molecule has 0 saturated carbocycles. The van der Waals surface area contributed by atoms with Crippen LogP contribution in [0.2, 0.25) is 0 Å². The fourth-order valence-corrected chi connectivity index (χ4v) is 2.70. The zero-order chi connectivity index (χ0) is 15.9. The van der Waals surface area contributed by atoms with E-state index in [0.29, 0.717) is 5.92 Å². The molecule has 1 atom stereocenters. The van der Waals surface area contributed by atoms with E-state index in [2.05, 4.69) is 55.9 Å². The largest absolute Gasteiger partial charge is 0.494 e. The molecular formula is C18H30BrNO. The monoisotopic (exact) mass is 355 g/mol. The van der Waals surface area contributed by atoms with Crippen LogP contribution in [0, 0.1) is 11.8 Å². The van der Waals surface area contributed by atoms with Gasteiger partial charge in [-0.15, -0.1) is 0 Å². The van der Waals surface area contributed by atoms with Crippen LogP contribution in [-0.4, -0.2) is 18.7 Å². The molecule has 120 valence electrons. The van der Waals surface area contributed by atoms with E-state index in [9.17, 15) is 0 Å². The highest BCUT2D eigenvalue weighted by Crippen LogP contribution is 2.20. The zero-order valence-corrected chi connectivity index (χ0v) is 15.7. The van der Waals surface area contributed by atoms with Gasteiger partial charge in [-0.2, -0.15) is 0 Å². The Morgan fingerprint density at radius 2 is 1.95 bits per heavy atom. The summed E-state index contributed by atoms with van der Waals surface area (Å²) >= 11 is 3.47. The first kappa shape index (κ1) is 18.5. The van der Waals surface area contributed by atoms with Crippen LogP contribution in [0.1, 0.15) is 47.5 Å². The molecule has 0 spiro atoms. The minimum atomic E-state index is 0.181. The summed E-state index contributed by atoms with van der Waals surface area (Å²) in [6, 6.07) is 8.05. The van der Waals surface area contributed by atoms with E-state index in [0.717, 1.165) is 35.7 Å². The Balaban J connectivity index is 2.41. The Morgan fingerprint density at radius 1 is 1.24 bits per heavy atom. The summed E-state index contributed by atoms with van der Waals surface area (Å²) in [6.07, 6.45) is 2.33. The van der Waals surface area contributed by atoms with Crippen LogP contribution in [0.5, 0.6) is 5.75 Å². The predicted octanol–water partition coefficient (Wildman–Crippen LogP) is 5.27. The molecule has 1 unspecified atom stereocenters. The summed E-state index contributed by atoms with van der Waals surface area (Å²) in [5, 5.41) is 3.62. The third kappa shape index (κ3) is 9.15. The maximum Gasteiger partial charge on any atom is 0.120 e. The molecule has 0 heterocycles. The number of hydrogen-bond donors (Lipinski definition) is 1. The van der Waals surface area contributed by atoms with Gasteiger partial charge in [0.15, 0.2) is 0 Å². The molecule has 0 bridgehead atoms. The number of rotatable bonds is 8. The van der Waals surface area contributed by atoms with Crippen molar-refractivity contribution < 1.29 is 4.74 Å². The van der Waals surface area contributed by atoms with Gasteiger partial charge < -0.3 is 10.1 Å². The molecule has 2 nitrogen and oxygen atoms in total. The summed E-state index contributed by atoms with van der Waals surface area (Å²) in [6.45, 7) is 13.1. The van der Waals surface area contributed by atoms with Crippen LogP contribution >= 0.6 is 15.9 Å². The van der Waals surface area contributed by atoms with E-state index in [4.69, 9.17) is 4.74 Å². The van der Waals surface area contributed by atoms with Crippen LogP contribution in [0.15, 0.2) is 28.7 Å². The molecule has 1 N–H and O–H groups in total. The van der Waals surface area contributed by atoms with Gasteiger partial charge in [-0.25, -0.2) is 0 Å². The summed E-state index contributed by atoms with van der Waals surface area (Å²) in [7, 11) is 0. The van der Waals surface area contributed by atoms with Gasteiger partial charge in [0.2, 0.25) is 0 Å². The minimum absolute atomic E-state index is 0.181. The highest BCUT2D eigenvalue weighted by atomic mass is 79.9. The van der Waals surface area contributed by atoms with Crippen LogP contribution in [-0.2, 0) is 0 Å².